The first-order valence-electron chi connectivity index (χ1n) is 9.15. The highest BCUT2D eigenvalue weighted by Crippen LogP contribution is 2.14. The molecule has 0 aliphatic carbocycles. The number of carbonyl (C=O) groups is 1. The van der Waals surface area contributed by atoms with Gasteiger partial charge in [0.2, 0.25) is 5.91 Å². The number of nitrogens with one attached hydrogen (secondary N) is 2. The lowest BCUT2D eigenvalue weighted by molar-refractivity contribution is -0.125. The van der Waals surface area contributed by atoms with E-state index >= 15 is 0 Å². The van der Waals surface area contributed by atoms with E-state index < -0.39 is 0 Å². The highest BCUT2D eigenvalue weighted by atomic mass is 35.5. The van der Waals surface area contributed by atoms with Crippen molar-refractivity contribution in [2.45, 2.75) is 33.2 Å². The zero-order valence-corrected chi connectivity index (χ0v) is 16.2. The molecule has 1 heterocycles. The van der Waals surface area contributed by atoms with Crippen molar-refractivity contribution in [3.63, 3.8) is 0 Å². The zero-order valence-electron chi connectivity index (χ0n) is 15.4. The molecule has 1 aliphatic rings. The lowest BCUT2D eigenvalue weighted by Crippen LogP contribution is -2.37. The Labute approximate surface area is 157 Å². The highest BCUT2D eigenvalue weighted by Gasteiger charge is 2.20. The fourth-order valence-corrected chi connectivity index (χ4v) is 2.95. The van der Waals surface area contributed by atoms with Crippen molar-refractivity contribution in [3.8, 4) is 5.75 Å². The third kappa shape index (κ3) is 7.63. The summed E-state index contributed by atoms with van der Waals surface area (Å²) in [5.74, 6) is 1.22. The van der Waals surface area contributed by atoms with Gasteiger partial charge in [-0.15, -0.1) is 12.4 Å². The Bertz CT molecular complexity index is 486. The molecule has 0 unspecified atom stereocenters. The summed E-state index contributed by atoms with van der Waals surface area (Å²) in [6, 6.07) is 8.01. The quantitative estimate of drug-likeness (QED) is 0.702. The predicted octanol–water partition coefficient (Wildman–Crippen LogP) is 2.44. The molecule has 0 atom stereocenters. The fraction of sp³-hybridized carbons (Fsp3) is 0.632. The number of amides is 1. The Balaban J connectivity index is 0.00000312. The minimum atomic E-state index is 0. The van der Waals surface area contributed by atoms with E-state index in [0.717, 1.165) is 56.9 Å². The maximum Gasteiger partial charge on any atom is 0.223 e. The molecule has 0 spiro atoms. The lowest BCUT2D eigenvalue weighted by atomic mass is 9.97. The topological polar surface area (TPSA) is 53.6 Å². The van der Waals surface area contributed by atoms with Crippen LogP contribution >= 0.6 is 12.4 Å². The fourth-order valence-electron chi connectivity index (χ4n) is 2.95. The molecule has 0 radical (unpaired) electrons. The number of piperidine rings is 1. The maximum absolute atomic E-state index is 12.1. The van der Waals surface area contributed by atoms with Crippen LogP contribution in [0.25, 0.3) is 0 Å². The van der Waals surface area contributed by atoms with Crippen molar-refractivity contribution in [1.29, 1.82) is 0 Å². The summed E-state index contributed by atoms with van der Waals surface area (Å²) in [6.07, 6.45) is 1.87. The third-order valence-electron chi connectivity index (χ3n) is 4.67. The van der Waals surface area contributed by atoms with Gasteiger partial charge in [-0.05, 0) is 56.7 Å². The largest absolute Gasteiger partial charge is 0.492 e. The number of nitrogens with zero attached hydrogens (tertiary/aromatic N) is 1. The van der Waals surface area contributed by atoms with Gasteiger partial charge in [-0.1, -0.05) is 26.0 Å². The van der Waals surface area contributed by atoms with Crippen molar-refractivity contribution in [2.75, 3.05) is 39.3 Å². The Morgan fingerprint density at radius 1 is 1.20 bits per heavy atom. The van der Waals surface area contributed by atoms with Crippen LogP contribution in [0.4, 0.5) is 0 Å². The lowest BCUT2D eigenvalue weighted by Gasteiger charge is -2.21. The van der Waals surface area contributed by atoms with E-state index in [1.54, 1.807) is 0 Å². The Morgan fingerprint density at radius 3 is 2.44 bits per heavy atom. The smallest absolute Gasteiger partial charge is 0.223 e. The average Bonchev–Trinajstić information content (AvgIpc) is 2.65. The molecule has 2 N–H and O–H groups in total. The summed E-state index contributed by atoms with van der Waals surface area (Å²) in [5.41, 5.74) is 1.10. The predicted molar refractivity (Wildman–Crippen MR) is 104 cm³/mol. The number of halogens is 1. The minimum Gasteiger partial charge on any atom is -0.492 e. The molecule has 5 nitrogen and oxygen atoms in total. The number of rotatable bonds is 9. The van der Waals surface area contributed by atoms with Gasteiger partial charge in [0.25, 0.3) is 0 Å². The van der Waals surface area contributed by atoms with E-state index in [2.05, 4.69) is 29.4 Å². The van der Waals surface area contributed by atoms with Crippen molar-refractivity contribution in [3.05, 3.63) is 29.8 Å². The van der Waals surface area contributed by atoms with Gasteiger partial charge in [-0.2, -0.15) is 0 Å². The van der Waals surface area contributed by atoms with E-state index in [0.29, 0.717) is 13.2 Å². The van der Waals surface area contributed by atoms with Gasteiger partial charge in [0, 0.05) is 19.0 Å². The number of benzene rings is 1. The van der Waals surface area contributed by atoms with E-state index in [4.69, 9.17) is 4.74 Å². The van der Waals surface area contributed by atoms with Gasteiger partial charge in [-0.25, -0.2) is 0 Å². The molecular formula is C19H32ClN3O2. The van der Waals surface area contributed by atoms with Crippen LogP contribution < -0.4 is 15.4 Å². The van der Waals surface area contributed by atoms with Crippen LogP contribution in [-0.2, 0) is 11.3 Å². The number of ether oxygens (including phenoxy) is 1. The second-order valence-corrected chi connectivity index (χ2v) is 6.26. The minimum absolute atomic E-state index is 0. The van der Waals surface area contributed by atoms with E-state index in [1.165, 1.54) is 0 Å². The molecule has 6 heteroatoms. The summed E-state index contributed by atoms with van der Waals surface area (Å²) in [5, 5.41) is 6.33. The Hall–Kier alpha value is -1.30. The summed E-state index contributed by atoms with van der Waals surface area (Å²) in [7, 11) is 0. The third-order valence-corrected chi connectivity index (χ3v) is 4.67. The molecule has 1 fully saturated rings. The van der Waals surface area contributed by atoms with Crippen molar-refractivity contribution in [2.24, 2.45) is 5.92 Å². The van der Waals surface area contributed by atoms with Gasteiger partial charge >= 0.3 is 0 Å². The van der Waals surface area contributed by atoms with E-state index in [9.17, 15) is 4.79 Å². The maximum atomic E-state index is 12.1. The first-order chi connectivity index (χ1) is 11.7. The molecule has 1 aliphatic heterocycles. The number of hydrogen-bond donors (Lipinski definition) is 2. The molecule has 25 heavy (non-hydrogen) atoms. The van der Waals surface area contributed by atoms with Gasteiger partial charge in [0.05, 0.1) is 0 Å². The van der Waals surface area contributed by atoms with Crippen LogP contribution in [0, 0.1) is 5.92 Å². The monoisotopic (exact) mass is 369 g/mol. The van der Waals surface area contributed by atoms with Gasteiger partial charge in [0.15, 0.2) is 0 Å². The van der Waals surface area contributed by atoms with Gasteiger partial charge < -0.3 is 20.3 Å². The molecule has 2 rings (SSSR count). The van der Waals surface area contributed by atoms with Crippen LogP contribution in [0.5, 0.6) is 5.75 Å². The van der Waals surface area contributed by atoms with Crippen LogP contribution in [0.3, 0.4) is 0 Å². The van der Waals surface area contributed by atoms with E-state index in [1.807, 2.05) is 24.3 Å². The normalized spacial score (nSPS) is 14.8. The summed E-state index contributed by atoms with van der Waals surface area (Å²) >= 11 is 0. The molecule has 0 bridgehead atoms. The van der Waals surface area contributed by atoms with Crippen molar-refractivity contribution in [1.82, 2.24) is 15.5 Å². The molecular weight excluding hydrogens is 338 g/mol. The van der Waals surface area contributed by atoms with Crippen molar-refractivity contribution < 1.29 is 9.53 Å². The summed E-state index contributed by atoms with van der Waals surface area (Å²) in [6.45, 7) is 10.5. The van der Waals surface area contributed by atoms with Crippen molar-refractivity contribution >= 4 is 18.3 Å². The molecule has 1 aromatic carbocycles. The summed E-state index contributed by atoms with van der Waals surface area (Å²) in [4.78, 5) is 14.5. The molecule has 0 saturated carbocycles. The molecule has 1 aromatic rings. The second-order valence-electron chi connectivity index (χ2n) is 6.26. The molecule has 0 aromatic heterocycles. The summed E-state index contributed by atoms with van der Waals surface area (Å²) < 4.78 is 5.78. The molecule has 1 amide bonds. The number of carbonyl (C=O) groups excluding carboxylic acids is 1. The van der Waals surface area contributed by atoms with Crippen LogP contribution in [0.2, 0.25) is 0 Å². The number of hydrogen-bond acceptors (Lipinski definition) is 4. The average molecular weight is 370 g/mol. The van der Waals surface area contributed by atoms with Crippen LogP contribution in [0.1, 0.15) is 32.3 Å². The van der Waals surface area contributed by atoms with Crippen LogP contribution in [-0.4, -0.2) is 50.1 Å². The Morgan fingerprint density at radius 2 is 1.84 bits per heavy atom. The Kier molecular flexibility index (Phi) is 10.5. The first-order valence-corrected chi connectivity index (χ1v) is 9.15. The standard InChI is InChI=1S/C19H31N3O2.ClH/c1-3-22(4-2)13-14-24-18-7-5-16(6-8-18)15-21-19(23)17-9-11-20-12-10-17;/h5-8,17,20H,3-4,9-15H2,1-2H3,(H,21,23);1H. The second kappa shape index (κ2) is 12.1. The van der Waals surface area contributed by atoms with Crippen LogP contribution in [0.15, 0.2) is 24.3 Å². The highest BCUT2D eigenvalue weighted by molar-refractivity contribution is 5.85. The molecule has 142 valence electrons. The molecule has 1 saturated heterocycles. The first kappa shape index (κ1) is 21.7. The SMILES string of the molecule is CCN(CC)CCOc1ccc(CNC(=O)C2CCNCC2)cc1.Cl. The van der Waals surface area contributed by atoms with Gasteiger partial charge in [0.1, 0.15) is 12.4 Å². The van der Waals surface area contributed by atoms with Gasteiger partial charge in [-0.3, -0.25) is 4.79 Å². The zero-order chi connectivity index (χ0) is 17.2. The van der Waals surface area contributed by atoms with E-state index in [-0.39, 0.29) is 24.2 Å². The number of likely N-dealkylation sites (N-methyl/N-ethyl adjacent to an activating group) is 1.